The van der Waals surface area contributed by atoms with Crippen LogP contribution in [0, 0.1) is 16.7 Å². The van der Waals surface area contributed by atoms with Crippen LogP contribution in [-0.4, -0.2) is 54.1 Å². The number of ether oxygens (including phenoxy) is 1. The van der Waals surface area contributed by atoms with Crippen LogP contribution in [0.25, 0.3) is 0 Å². The van der Waals surface area contributed by atoms with E-state index in [4.69, 9.17) is 4.74 Å². The van der Waals surface area contributed by atoms with Crippen molar-refractivity contribution in [3.05, 3.63) is 0 Å². The molecular weight excluding hydrogens is 365 g/mol. The maximum Gasteiger partial charge on any atom is 0.471 e. The number of carbonyl (C=O) groups excluding carboxylic acids is 3. The first-order valence-electron chi connectivity index (χ1n) is 9.09. The molecule has 1 spiro atoms. The second-order valence-electron chi connectivity index (χ2n) is 9.05. The molecule has 0 radical (unpaired) electrons. The van der Waals surface area contributed by atoms with Gasteiger partial charge in [-0.25, -0.2) is 4.79 Å². The number of likely N-dealkylation sites (tertiary alicyclic amines) is 1. The fraction of sp³-hybridized carbons (Fsp3) is 0.833. The molecule has 4 atom stereocenters. The van der Waals surface area contributed by atoms with Gasteiger partial charge in [0, 0.05) is 6.04 Å². The second-order valence-corrected chi connectivity index (χ2v) is 9.05. The molecule has 9 heteroatoms. The number of nitrogens with zero attached hydrogens (tertiary/aromatic N) is 1. The van der Waals surface area contributed by atoms with Gasteiger partial charge in [0.2, 0.25) is 5.91 Å². The fourth-order valence-electron chi connectivity index (χ4n) is 4.81. The van der Waals surface area contributed by atoms with E-state index in [9.17, 15) is 27.6 Å². The lowest BCUT2D eigenvalue weighted by molar-refractivity contribution is -0.176. The number of esters is 1. The molecule has 0 aromatic rings. The van der Waals surface area contributed by atoms with Crippen LogP contribution in [0.4, 0.5) is 13.2 Å². The zero-order chi connectivity index (χ0) is 20.4. The number of halogens is 3. The lowest BCUT2D eigenvalue weighted by Gasteiger charge is -2.42. The highest BCUT2D eigenvalue weighted by Crippen LogP contribution is 2.67. The van der Waals surface area contributed by atoms with Gasteiger partial charge in [0.15, 0.2) is 0 Å². The number of methoxy groups -OCH3 is 1. The molecule has 1 heterocycles. The van der Waals surface area contributed by atoms with Crippen LogP contribution in [0.3, 0.4) is 0 Å². The van der Waals surface area contributed by atoms with Gasteiger partial charge >= 0.3 is 18.1 Å². The second kappa shape index (κ2) is 6.10. The van der Waals surface area contributed by atoms with Crippen molar-refractivity contribution in [2.24, 2.45) is 16.7 Å². The first kappa shape index (κ1) is 19.9. The summed E-state index contributed by atoms with van der Waals surface area (Å²) in [5, 5.41) is 1.84. The van der Waals surface area contributed by atoms with Crippen molar-refractivity contribution in [2.75, 3.05) is 7.11 Å². The SMILES string of the molecule is COC(=O)[C@H]1[C@@H]2C[C@@H](CC23CC3)N1C(=O)[C@H](NC(=O)C(F)(F)F)C(C)(C)C. The number of carbonyl (C=O) groups is 3. The largest absolute Gasteiger partial charge is 0.471 e. The minimum atomic E-state index is -5.09. The molecule has 3 rings (SSSR count). The average Bonchev–Trinajstić information content (AvgIpc) is 3.07. The van der Waals surface area contributed by atoms with Crippen molar-refractivity contribution in [1.29, 1.82) is 0 Å². The summed E-state index contributed by atoms with van der Waals surface area (Å²) in [7, 11) is 1.24. The zero-order valence-electron chi connectivity index (χ0n) is 15.9. The van der Waals surface area contributed by atoms with Gasteiger partial charge in [0.05, 0.1) is 7.11 Å². The summed E-state index contributed by atoms with van der Waals surface area (Å²) in [6.45, 7) is 4.74. The monoisotopic (exact) mass is 390 g/mol. The maximum atomic E-state index is 13.2. The normalized spacial score (nSPS) is 29.6. The van der Waals surface area contributed by atoms with Crippen LogP contribution in [0.5, 0.6) is 0 Å². The van der Waals surface area contributed by atoms with E-state index in [1.807, 2.05) is 5.32 Å². The summed E-state index contributed by atoms with van der Waals surface area (Å²) in [6.07, 6.45) is -1.70. The summed E-state index contributed by atoms with van der Waals surface area (Å²) < 4.78 is 43.1. The van der Waals surface area contributed by atoms with Crippen molar-refractivity contribution in [2.45, 2.75) is 70.8 Å². The third-order valence-electron chi connectivity index (χ3n) is 6.26. The van der Waals surface area contributed by atoms with Crippen LogP contribution >= 0.6 is 0 Å². The van der Waals surface area contributed by atoms with Crippen molar-refractivity contribution in [3.8, 4) is 0 Å². The molecule has 3 fully saturated rings. The smallest absolute Gasteiger partial charge is 0.467 e. The van der Waals surface area contributed by atoms with Crippen LogP contribution < -0.4 is 5.32 Å². The molecular formula is C18H25F3N2O4. The van der Waals surface area contributed by atoms with E-state index in [0.717, 1.165) is 19.3 Å². The number of amides is 2. The Morgan fingerprint density at radius 2 is 1.78 bits per heavy atom. The number of hydrogen-bond donors (Lipinski definition) is 1. The Labute approximate surface area is 155 Å². The third-order valence-corrected chi connectivity index (χ3v) is 6.26. The van der Waals surface area contributed by atoms with Gasteiger partial charge in [-0.05, 0) is 42.4 Å². The van der Waals surface area contributed by atoms with E-state index in [-0.39, 0.29) is 17.4 Å². The Morgan fingerprint density at radius 3 is 2.22 bits per heavy atom. The summed E-state index contributed by atoms with van der Waals surface area (Å²) in [6, 6.07) is -2.40. The lowest BCUT2D eigenvalue weighted by Crippen LogP contribution is -2.62. The van der Waals surface area contributed by atoms with Crippen molar-refractivity contribution < 1.29 is 32.3 Å². The molecule has 1 N–H and O–H groups in total. The standard InChI is InChI=1S/C18H25F3N2O4/c1-16(2,3)12(22-15(26)18(19,20)21)13(24)23-9-7-10(11(23)14(25)27-4)17(8-9)5-6-17/h9-12H,5-8H2,1-4H3,(H,22,26)/t9-,10-,11+,12-/m0/s1. The molecule has 2 saturated carbocycles. The fourth-order valence-corrected chi connectivity index (χ4v) is 4.81. The van der Waals surface area contributed by atoms with Gasteiger partial charge in [-0.2, -0.15) is 13.2 Å². The first-order valence-corrected chi connectivity index (χ1v) is 9.09. The summed E-state index contributed by atoms with van der Waals surface area (Å²) >= 11 is 0. The lowest BCUT2D eigenvalue weighted by atomic mass is 9.82. The van der Waals surface area contributed by atoms with Gasteiger partial charge in [0.25, 0.3) is 0 Å². The number of nitrogens with one attached hydrogen (secondary N) is 1. The number of alkyl halides is 3. The van der Waals surface area contributed by atoms with E-state index in [2.05, 4.69) is 0 Å². The first-order chi connectivity index (χ1) is 12.3. The zero-order valence-corrected chi connectivity index (χ0v) is 15.9. The molecule has 0 aromatic carbocycles. The Kier molecular flexibility index (Phi) is 4.51. The molecule has 27 heavy (non-hydrogen) atoms. The number of hydrogen-bond acceptors (Lipinski definition) is 4. The number of piperidine rings is 1. The van der Waals surface area contributed by atoms with E-state index < -0.39 is 41.5 Å². The van der Waals surface area contributed by atoms with Gasteiger partial charge in [0.1, 0.15) is 12.1 Å². The van der Waals surface area contributed by atoms with Crippen LogP contribution in [0.2, 0.25) is 0 Å². The molecule has 2 aliphatic carbocycles. The molecule has 0 aromatic heterocycles. The third kappa shape index (κ3) is 3.29. The van der Waals surface area contributed by atoms with Gasteiger partial charge < -0.3 is 15.0 Å². The molecule has 2 amide bonds. The minimum Gasteiger partial charge on any atom is -0.467 e. The Hall–Kier alpha value is -1.80. The molecule has 152 valence electrons. The van der Waals surface area contributed by atoms with Crippen LogP contribution in [0.15, 0.2) is 0 Å². The van der Waals surface area contributed by atoms with Crippen molar-refractivity contribution >= 4 is 17.8 Å². The highest BCUT2D eigenvalue weighted by atomic mass is 19.4. The Morgan fingerprint density at radius 1 is 1.19 bits per heavy atom. The quantitative estimate of drug-likeness (QED) is 0.748. The molecule has 0 unspecified atom stereocenters. The van der Waals surface area contributed by atoms with Crippen LogP contribution in [0.1, 0.15) is 46.5 Å². The Balaban J connectivity index is 1.89. The maximum absolute atomic E-state index is 13.2. The van der Waals surface area contributed by atoms with E-state index in [1.54, 1.807) is 20.8 Å². The Bertz CT molecular complexity index is 666. The molecule has 3 aliphatic rings. The van der Waals surface area contributed by atoms with E-state index in [0.29, 0.717) is 6.42 Å². The number of fused-ring (bicyclic) bond motifs is 3. The van der Waals surface area contributed by atoms with Gasteiger partial charge in [-0.3, -0.25) is 9.59 Å². The molecule has 6 nitrogen and oxygen atoms in total. The van der Waals surface area contributed by atoms with Gasteiger partial charge in [-0.1, -0.05) is 20.8 Å². The summed E-state index contributed by atoms with van der Waals surface area (Å²) in [5.41, 5.74) is -0.898. The summed E-state index contributed by atoms with van der Waals surface area (Å²) in [5.74, 6) is -3.39. The summed E-state index contributed by atoms with van der Waals surface area (Å²) in [4.78, 5) is 38.5. The highest BCUT2D eigenvalue weighted by molar-refractivity contribution is 5.93. The van der Waals surface area contributed by atoms with E-state index in [1.165, 1.54) is 12.0 Å². The minimum absolute atomic E-state index is 0.0298. The number of rotatable bonds is 3. The van der Waals surface area contributed by atoms with Crippen LogP contribution in [-0.2, 0) is 19.1 Å². The molecule has 1 saturated heterocycles. The molecule has 2 bridgehead atoms. The highest BCUT2D eigenvalue weighted by Gasteiger charge is 2.67. The average molecular weight is 390 g/mol. The molecule has 1 aliphatic heterocycles. The predicted molar refractivity (Wildman–Crippen MR) is 88.3 cm³/mol. The van der Waals surface area contributed by atoms with Gasteiger partial charge in [-0.15, -0.1) is 0 Å². The predicted octanol–water partition coefficient (Wildman–Crippen LogP) is 2.02. The topological polar surface area (TPSA) is 75.7 Å². The van der Waals surface area contributed by atoms with Crippen molar-refractivity contribution in [1.82, 2.24) is 10.2 Å². The van der Waals surface area contributed by atoms with Crippen molar-refractivity contribution in [3.63, 3.8) is 0 Å². The van der Waals surface area contributed by atoms with E-state index >= 15 is 0 Å².